The van der Waals surface area contributed by atoms with Crippen LogP contribution in [0.4, 0.5) is 11.4 Å². The highest BCUT2D eigenvalue weighted by Gasteiger charge is 2.62. The van der Waals surface area contributed by atoms with Crippen molar-refractivity contribution < 1.29 is 0 Å². The molecule has 2 saturated heterocycles. The minimum Gasteiger partial charge on any atom is -0.365 e. The summed E-state index contributed by atoms with van der Waals surface area (Å²) in [7, 11) is 0. The Kier molecular flexibility index (Phi) is 7.19. The van der Waals surface area contributed by atoms with Crippen LogP contribution in [0.2, 0.25) is 0 Å². The molecule has 0 radical (unpaired) electrons. The van der Waals surface area contributed by atoms with Gasteiger partial charge < -0.3 is 9.80 Å². The molecule has 2 aliphatic heterocycles. The standard InChI is InChI=1S/C40H60N2/c1-26-21-31(41-28(3)27(2)33-23-29(37(4,5)6)15-17-35(33)41)25-32(22-26)42-36-18-16-30(38(7,8)9)24-34(36)40(39(42,10)11)19-13-12-14-20-40/h16,18,21-23,25,27-28,33-35H,12-15,17,19-20,24H2,1-11H3. The molecule has 1 aromatic rings. The van der Waals surface area contributed by atoms with E-state index in [4.69, 9.17) is 0 Å². The molecule has 0 bridgehead atoms. The fraction of sp³-hybridized carbons (Fsp3) is 0.700. The minimum atomic E-state index is 0.0811. The molecule has 0 aromatic heterocycles. The van der Waals surface area contributed by atoms with Gasteiger partial charge in [0.2, 0.25) is 0 Å². The van der Waals surface area contributed by atoms with E-state index in [1.807, 2.05) is 0 Å². The summed E-state index contributed by atoms with van der Waals surface area (Å²) in [6.45, 7) is 26.9. The lowest BCUT2D eigenvalue weighted by Crippen LogP contribution is -2.51. The summed E-state index contributed by atoms with van der Waals surface area (Å²) in [6.07, 6.45) is 18.3. The summed E-state index contributed by atoms with van der Waals surface area (Å²) in [6, 6.07) is 8.72. The van der Waals surface area contributed by atoms with Gasteiger partial charge in [-0.05, 0) is 106 Å². The summed E-state index contributed by atoms with van der Waals surface area (Å²) in [5.41, 5.74) is 10.1. The van der Waals surface area contributed by atoms with Gasteiger partial charge in [-0.25, -0.2) is 0 Å². The molecule has 6 rings (SSSR count). The summed E-state index contributed by atoms with van der Waals surface area (Å²) < 4.78 is 0. The molecule has 2 heteroatoms. The molecule has 3 fully saturated rings. The van der Waals surface area contributed by atoms with E-state index in [0.29, 0.717) is 35.3 Å². The fourth-order valence-electron chi connectivity index (χ4n) is 10.2. The van der Waals surface area contributed by atoms with E-state index >= 15 is 0 Å². The van der Waals surface area contributed by atoms with Crippen molar-refractivity contribution in [3.05, 3.63) is 58.8 Å². The molecule has 0 N–H and O–H groups in total. The monoisotopic (exact) mass is 568 g/mol. The van der Waals surface area contributed by atoms with Crippen LogP contribution in [0.3, 0.4) is 0 Å². The molecule has 1 aromatic carbocycles. The van der Waals surface area contributed by atoms with Crippen LogP contribution in [0.5, 0.6) is 0 Å². The second-order valence-corrected chi connectivity index (χ2v) is 17.6. The predicted molar refractivity (Wildman–Crippen MR) is 182 cm³/mol. The summed E-state index contributed by atoms with van der Waals surface area (Å²) in [5, 5.41) is 0. The van der Waals surface area contributed by atoms with E-state index in [-0.39, 0.29) is 16.4 Å². The van der Waals surface area contributed by atoms with Gasteiger partial charge in [-0.2, -0.15) is 0 Å². The van der Waals surface area contributed by atoms with Crippen molar-refractivity contribution in [2.24, 2.45) is 34.0 Å². The van der Waals surface area contributed by atoms with E-state index in [1.165, 1.54) is 68.3 Å². The Bertz CT molecular complexity index is 1300. The van der Waals surface area contributed by atoms with Crippen LogP contribution >= 0.6 is 0 Å². The maximum Gasteiger partial charge on any atom is 0.0454 e. The number of nitrogens with zero attached hydrogens (tertiary/aromatic N) is 2. The van der Waals surface area contributed by atoms with Crippen molar-refractivity contribution >= 4 is 11.4 Å². The molecule has 5 atom stereocenters. The lowest BCUT2D eigenvalue weighted by atomic mass is 9.56. The number of aryl methyl sites for hydroxylation is 1. The normalized spacial score (nSPS) is 32.4. The lowest BCUT2D eigenvalue weighted by Gasteiger charge is -2.50. The van der Waals surface area contributed by atoms with Crippen LogP contribution in [0.25, 0.3) is 0 Å². The minimum absolute atomic E-state index is 0.0811. The molecule has 0 amide bonds. The SMILES string of the molecule is Cc1cc(N2C(C)C(C)C3C=C(C(C)(C)C)CCC32)cc(N2C3=CC=C(C(C)(C)C)CC3C3(CCCCC3)C2(C)C)c1. The van der Waals surface area contributed by atoms with Gasteiger partial charge in [-0.3, -0.25) is 0 Å². The van der Waals surface area contributed by atoms with E-state index < -0.39 is 0 Å². The quantitative estimate of drug-likeness (QED) is 0.327. The van der Waals surface area contributed by atoms with Crippen molar-refractivity contribution in [1.82, 2.24) is 0 Å². The summed E-state index contributed by atoms with van der Waals surface area (Å²) >= 11 is 0. The van der Waals surface area contributed by atoms with Crippen LogP contribution in [0.1, 0.15) is 126 Å². The third-order valence-electron chi connectivity index (χ3n) is 12.9. The Morgan fingerprint density at radius 2 is 1.45 bits per heavy atom. The Hall–Kier alpha value is -1.96. The van der Waals surface area contributed by atoms with Gasteiger partial charge >= 0.3 is 0 Å². The van der Waals surface area contributed by atoms with Gasteiger partial charge in [0.1, 0.15) is 0 Å². The smallest absolute Gasteiger partial charge is 0.0454 e. The zero-order valence-corrected chi connectivity index (χ0v) is 28.9. The van der Waals surface area contributed by atoms with Gasteiger partial charge in [0.05, 0.1) is 0 Å². The number of rotatable bonds is 2. The Morgan fingerprint density at radius 3 is 2.10 bits per heavy atom. The van der Waals surface area contributed by atoms with Gasteiger partial charge in [0.25, 0.3) is 0 Å². The lowest BCUT2D eigenvalue weighted by molar-refractivity contribution is 0.0702. The van der Waals surface area contributed by atoms with Crippen LogP contribution in [0, 0.1) is 40.9 Å². The van der Waals surface area contributed by atoms with Crippen LogP contribution in [-0.2, 0) is 0 Å². The second-order valence-electron chi connectivity index (χ2n) is 17.6. The maximum absolute atomic E-state index is 2.84. The van der Waals surface area contributed by atoms with Gasteiger partial charge in [0.15, 0.2) is 0 Å². The molecule has 42 heavy (non-hydrogen) atoms. The number of fused-ring (bicyclic) bond motifs is 3. The molecule has 230 valence electrons. The molecule has 5 aliphatic rings. The van der Waals surface area contributed by atoms with Crippen molar-refractivity contribution in [2.45, 2.75) is 145 Å². The molecule has 2 nitrogen and oxygen atoms in total. The topological polar surface area (TPSA) is 6.48 Å². The number of hydrogen-bond acceptors (Lipinski definition) is 2. The van der Waals surface area contributed by atoms with Crippen LogP contribution in [-0.4, -0.2) is 17.6 Å². The fourth-order valence-corrected chi connectivity index (χ4v) is 10.2. The molecular weight excluding hydrogens is 508 g/mol. The van der Waals surface area contributed by atoms with Crippen LogP contribution in [0.15, 0.2) is 53.3 Å². The number of hydrogen-bond donors (Lipinski definition) is 0. The van der Waals surface area contributed by atoms with E-state index in [0.717, 1.165) is 0 Å². The molecule has 3 aliphatic carbocycles. The summed E-state index contributed by atoms with van der Waals surface area (Å²) in [5.74, 6) is 1.93. The van der Waals surface area contributed by atoms with E-state index in [2.05, 4.69) is 122 Å². The molecular formula is C40H60N2. The Balaban J connectivity index is 1.43. The highest BCUT2D eigenvalue weighted by atomic mass is 15.3. The first-order valence-electron chi connectivity index (χ1n) is 17.4. The largest absolute Gasteiger partial charge is 0.365 e. The van der Waals surface area contributed by atoms with Crippen molar-refractivity contribution in [2.75, 3.05) is 9.80 Å². The first kappa shape index (κ1) is 30.1. The van der Waals surface area contributed by atoms with E-state index in [9.17, 15) is 0 Å². The van der Waals surface area contributed by atoms with Crippen LogP contribution < -0.4 is 9.80 Å². The van der Waals surface area contributed by atoms with Crippen molar-refractivity contribution in [3.63, 3.8) is 0 Å². The number of anilines is 2. The number of allylic oxidation sites excluding steroid dienone is 5. The molecule has 1 spiro atoms. The average Bonchev–Trinajstić information content (AvgIpc) is 3.26. The second kappa shape index (κ2) is 10.0. The first-order valence-corrected chi connectivity index (χ1v) is 17.4. The molecule has 2 heterocycles. The number of benzene rings is 1. The summed E-state index contributed by atoms with van der Waals surface area (Å²) in [4.78, 5) is 5.67. The predicted octanol–water partition coefficient (Wildman–Crippen LogP) is 11.0. The molecule has 1 saturated carbocycles. The third-order valence-corrected chi connectivity index (χ3v) is 12.9. The van der Waals surface area contributed by atoms with E-state index in [1.54, 1.807) is 16.8 Å². The van der Waals surface area contributed by atoms with Gasteiger partial charge in [-0.1, -0.05) is 91.0 Å². The molecule has 5 unspecified atom stereocenters. The zero-order valence-electron chi connectivity index (χ0n) is 28.9. The Morgan fingerprint density at radius 1 is 0.810 bits per heavy atom. The van der Waals surface area contributed by atoms with Crippen molar-refractivity contribution in [1.29, 1.82) is 0 Å². The third kappa shape index (κ3) is 4.56. The van der Waals surface area contributed by atoms with Crippen molar-refractivity contribution in [3.8, 4) is 0 Å². The zero-order chi connectivity index (χ0) is 30.4. The average molecular weight is 569 g/mol. The first-order chi connectivity index (χ1) is 19.6. The highest BCUT2D eigenvalue weighted by molar-refractivity contribution is 5.69. The van der Waals surface area contributed by atoms with Gasteiger partial charge in [-0.15, -0.1) is 0 Å². The highest BCUT2D eigenvalue weighted by Crippen LogP contribution is 2.65. The Labute approximate surface area is 258 Å². The van der Waals surface area contributed by atoms with Gasteiger partial charge in [0, 0.05) is 51.9 Å². The maximum atomic E-state index is 2.84.